The number of nitrogens with zero attached hydrogens (tertiary/aromatic N) is 1. The number of aromatic amines is 2. The maximum Gasteiger partial charge on any atom is 0.148 e. The number of hydrogen-bond donors (Lipinski definition) is 2. The number of H-pyrrole nitrogens is 2. The Morgan fingerprint density at radius 1 is 1.20 bits per heavy atom. The fourth-order valence-electron chi connectivity index (χ4n) is 3.82. The minimum Gasteiger partial charge on any atom is -0.366 e. The number of imidazole rings is 1. The van der Waals surface area contributed by atoms with Crippen LogP contribution in [-0.2, 0) is 16.8 Å². The van der Waals surface area contributed by atoms with E-state index in [0.717, 1.165) is 28.8 Å². The van der Waals surface area contributed by atoms with Gasteiger partial charge < -0.3 is 14.7 Å². The average Bonchev–Trinajstić information content (AvgIpc) is 3.28. The van der Waals surface area contributed by atoms with E-state index in [1.54, 1.807) is 7.11 Å². The quantitative estimate of drug-likeness (QED) is 0.562. The zero-order chi connectivity index (χ0) is 17.6. The molecule has 0 aliphatic heterocycles. The van der Waals surface area contributed by atoms with Gasteiger partial charge in [0.05, 0.1) is 11.0 Å². The molecule has 0 saturated heterocycles. The second-order valence-electron chi connectivity index (χ2n) is 6.69. The van der Waals surface area contributed by atoms with E-state index in [4.69, 9.17) is 9.72 Å². The van der Waals surface area contributed by atoms with Crippen molar-refractivity contribution < 1.29 is 4.74 Å². The summed E-state index contributed by atoms with van der Waals surface area (Å²) in [6, 6.07) is 12.5. The van der Waals surface area contributed by atoms with Crippen LogP contribution in [0.25, 0.3) is 21.9 Å². The first-order chi connectivity index (χ1) is 12.1. The highest BCUT2D eigenvalue weighted by Gasteiger charge is 2.36. The molecule has 4 heteroatoms. The second kappa shape index (κ2) is 5.74. The van der Waals surface area contributed by atoms with Crippen LogP contribution in [-0.4, -0.2) is 22.1 Å². The van der Waals surface area contributed by atoms with E-state index in [1.165, 1.54) is 22.1 Å². The molecule has 4 aromatic rings. The molecule has 0 bridgehead atoms. The first-order valence-corrected chi connectivity index (χ1v) is 8.69. The maximum atomic E-state index is 6.09. The summed E-state index contributed by atoms with van der Waals surface area (Å²) >= 11 is 0. The van der Waals surface area contributed by atoms with Crippen molar-refractivity contribution in [3.8, 4) is 0 Å². The third-order valence-electron chi connectivity index (χ3n) is 5.23. The van der Waals surface area contributed by atoms with Crippen LogP contribution >= 0.6 is 0 Å². The van der Waals surface area contributed by atoms with Crippen molar-refractivity contribution in [3.63, 3.8) is 0 Å². The highest BCUT2D eigenvalue weighted by molar-refractivity contribution is 5.88. The van der Waals surface area contributed by atoms with Gasteiger partial charge in [-0.1, -0.05) is 25.1 Å². The fourth-order valence-corrected chi connectivity index (χ4v) is 3.82. The number of ether oxygens (including phenoxy) is 1. The van der Waals surface area contributed by atoms with E-state index in [1.807, 2.05) is 30.5 Å². The molecule has 0 spiro atoms. The monoisotopic (exact) mass is 333 g/mol. The predicted octanol–water partition coefficient (Wildman–Crippen LogP) is 4.82. The number of fused-ring (bicyclic) bond motifs is 2. The fraction of sp³-hybridized carbons (Fsp3) is 0.286. The number of hydrogen-bond acceptors (Lipinski definition) is 2. The van der Waals surface area contributed by atoms with Crippen LogP contribution < -0.4 is 0 Å². The van der Waals surface area contributed by atoms with Gasteiger partial charge in [0.15, 0.2) is 0 Å². The minimum atomic E-state index is -0.654. The Hall–Kier alpha value is -2.59. The van der Waals surface area contributed by atoms with Crippen LogP contribution in [0.4, 0.5) is 0 Å². The molecule has 4 nitrogen and oxygen atoms in total. The molecule has 0 saturated carbocycles. The molecule has 1 unspecified atom stereocenters. The van der Waals surface area contributed by atoms with E-state index in [0.29, 0.717) is 0 Å². The van der Waals surface area contributed by atoms with Gasteiger partial charge in [0.2, 0.25) is 0 Å². The Kier molecular flexibility index (Phi) is 3.65. The molecule has 25 heavy (non-hydrogen) atoms. The molecule has 2 N–H and O–H groups in total. The van der Waals surface area contributed by atoms with Gasteiger partial charge in [-0.05, 0) is 49.6 Å². The molecule has 0 fully saturated rings. The van der Waals surface area contributed by atoms with E-state index in [-0.39, 0.29) is 0 Å². The van der Waals surface area contributed by atoms with E-state index < -0.39 is 5.60 Å². The number of aromatic nitrogens is 3. The van der Waals surface area contributed by atoms with Crippen LogP contribution in [0.15, 0.2) is 42.6 Å². The molecule has 0 amide bonds. The number of aryl methyl sites for hydroxylation is 2. The van der Waals surface area contributed by atoms with Crippen molar-refractivity contribution in [3.05, 3.63) is 65.1 Å². The largest absolute Gasteiger partial charge is 0.366 e. The Morgan fingerprint density at radius 2 is 2.00 bits per heavy atom. The highest BCUT2D eigenvalue weighted by atomic mass is 16.5. The normalized spacial score (nSPS) is 14.2. The number of para-hydroxylation sites is 2. The summed E-state index contributed by atoms with van der Waals surface area (Å²) in [5.74, 6) is 0.831. The Labute approximate surface area is 147 Å². The topological polar surface area (TPSA) is 53.7 Å². The zero-order valence-corrected chi connectivity index (χ0v) is 15.1. The van der Waals surface area contributed by atoms with Crippen LogP contribution in [0.3, 0.4) is 0 Å². The van der Waals surface area contributed by atoms with Crippen molar-refractivity contribution in [2.45, 2.75) is 32.8 Å². The number of benzene rings is 2. The molecular weight excluding hydrogens is 310 g/mol. The van der Waals surface area contributed by atoms with Gasteiger partial charge in [0.1, 0.15) is 11.4 Å². The molecule has 2 aromatic carbocycles. The minimum absolute atomic E-state index is 0.654. The van der Waals surface area contributed by atoms with Gasteiger partial charge in [0.25, 0.3) is 0 Å². The molecule has 2 aromatic heterocycles. The van der Waals surface area contributed by atoms with Crippen molar-refractivity contribution in [2.75, 3.05) is 7.11 Å². The predicted molar refractivity (Wildman–Crippen MR) is 102 cm³/mol. The van der Waals surface area contributed by atoms with Crippen LogP contribution in [0, 0.1) is 6.92 Å². The second-order valence-corrected chi connectivity index (χ2v) is 6.69. The summed E-state index contributed by atoms with van der Waals surface area (Å²) in [6.45, 7) is 6.43. The first kappa shape index (κ1) is 15.9. The van der Waals surface area contributed by atoms with Crippen molar-refractivity contribution >= 4 is 21.9 Å². The molecule has 0 aliphatic carbocycles. The van der Waals surface area contributed by atoms with E-state index in [9.17, 15) is 0 Å². The molecule has 0 aliphatic rings. The van der Waals surface area contributed by atoms with E-state index in [2.05, 4.69) is 42.9 Å². The number of rotatable bonds is 4. The van der Waals surface area contributed by atoms with E-state index >= 15 is 0 Å². The van der Waals surface area contributed by atoms with Crippen LogP contribution in [0.5, 0.6) is 0 Å². The first-order valence-electron chi connectivity index (χ1n) is 8.69. The van der Waals surface area contributed by atoms with Crippen LogP contribution in [0.1, 0.15) is 36.4 Å². The summed E-state index contributed by atoms with van der Waals surface area (Å²) in [4.78, 5) is 11.7. The zero-order valence-electron chi connectivity index (χ0n) is 15.1. The summed E-state index contributed by atoms with van der Waals surface area (Å²) in [6.07, 6.45) is 2.94. The molecule has 0 radical (unpaired) electrons. The lowest BCUT2D eigenvalue weighted by Gasteiger charge is -2.30. The summed E-state index contributed by atoms with van der Waals surface area (Å²) in [5.41, 5.74) is 6.20. The van der Waals surface area contributed by atoms with Crippen molar-refractivity contribution in [2.24, 2.45) is 0 Å². The van der Waals surface area contributed by atoms with Gasteiger partial charge in [0, 0.05) is 29.8 Å². The van der Waals surface area contributed by atoms with Gasteiger partial charge >= 0.3 is 0 Å². The summed E-state index contributed by atoms with van der Waals surface area (Å²) < 4.78 is 6.09. The molecule has 4 rings (SSSR count). The van der Waals surface area contributed by atoms with Crippen molar-refractivity contribution in [1.29, 1.82) is 0 Å². The summed E-state index contributed by atoms with van der Waals surface area (Å²) in [5, 5.41) is 1.20. The molecule has 128 valence electrons. The Balaban J connectivity index is 2.04. The molecule has 2 heterocycles. The van der Waals surface area contributed by atoms with Crippen molar-refractivity contribution in [1.82, 2.24) is 15.0 Å². The maximum absolute atomic E-state index is 6.09. The molecular formula is C21H23N3O. The Morgan fingerprint density at radius 3 is 2.72 bits per heavy atom. The third-order valence-corrected chi connectivity index (χ3v) is 5.23. The highest BCUT2D eigenvalue weighted by Crippen LogP contribution is 2.39. The lowest BCUT2D eigenvalue weighted by atomic mass is 9.85. The van der Waals surface area contributed by atoms with Gasteiger partial charge in [-0.3, -0.25) is 0 Å². The molecule has 1 atom stereocenters. The lowest BCUT2D eigenvalue weighted by Crippen LogP contribution is -2.29. The van der Waals surface area contributed by atoms with Gasteiger partial charge in [-0.15, -0.1) is 0 Å². The number of nitrogens with one attached hydrogen (secondary N) is 2. The van der Waals surface area contributed by atoms with Gasteiger partial charge in [-0.25, -0.2) is 4.98 Å². The lowest BCUT2D eigenvalue weighted by molar-refractivity contribution is 0.0329. The Bertz CT molecular complexity index is 1030. The standard InChI is InChI=1S/C21H23N3O/c1-5-14-12-13(2)19-15(10-11-22-19)18(14)21(3,25-4)20-23-16-8-6-7-9-17(16)24-20/h6-12,22H,5H2,1-4H3,(H,23,24). The van der Waals surface area contributed by atoms with Gasteiger partial charge in [-0.2, -0.15) is 0 Å². The number of methoxy groups -OCH3 is 1. The van der Waals surface area contributed by atoms with Crippen LogP contribution in [0.2, 0.25) is 0 Å². The SMILES string of the molecule is CCc1cc(C)c2[nH]ccc2c1C(C)(OC)c1nc2ccccc2[nH]1. The summed E-state index contributed by atoms with van der Waals surface area (Å²) in [7, 11) is 1.75. The smallest absolute Gasteiger partial charge is 0.148 e. The third kappa shape index (κ3) is 2.29. The average molecular weight is 333 g/mol.